The fraction of sp³-hybridized carbons (Fsp3) is 0.750. The van der Waals surface area contributed by atoms with Crippen molar-refractivity contribution < 1.29 is 9.84 Å². The second-order valence-electron chi connectivity index (χ2n) is 10.5. The summed E-state index contributed by atoms with van der Waals surface area (Å²) in [6.45, 7) is 14.2. The van der Waals surface area contributed by atoms with E-state index >= 15 is 0 Å². The Labute approximate surface area is 181 Å². The molecule has 1 aliphatic heterocycles. The Morgan fingerprint density at radius 1 is 1.21 bits per heavy atom. The maximum absolute atomic E-state index is 10.7. The summed E-state index contributed by atoms with van der Waals surface area (Å²) in [4.78, 5) is 4.76. The van der Waals surface area contributed by atoms with Gasteiger partial charge in [-0.25, -0.2) is 0 Å². The highest BCUT2D eigenvalue weighted by Gasteiger charge is 2.60. The number of hydrogen-bond donors (Lipinski definition) is 1. The van der Waals surface area contributed by atoms with Gasteiger partial charge in [-0.1, -0.05) is 38.4 Å². The van der Waals surface area contributed by atoms with Crippen molar-refractivity contribution in [2.75, 3.05) is 44.2 Å². The monoisotopic (exact) mass is 420 g/mol. The number of fused-ring (bicyclic) bond motifs is 2. The van der Waals surface area contributed by atoms with Crippen molar-refractivity contribution in [3.05, 3.63) is 28.8 Å². The first kappa shape index (κ1) is 21.4. The minimum absolute atomic E-state index is 0.229. The zero-order valence-electron chi connectivity index (χ0n) is 18.5. The van der Waals surface area contributed by atoms with Crippen LogP contribution < -0.4 is 4.90 Å². The number of hydrogen-bond acceptors (Lipinski definition) is 4. The molecular formula is C24H37ClN2O2. The van der Waals surface area contributed by atoms with E-state index in [0.29, 0.717) is 18.6 Å². The highest BCUT2D eigenvalue weighted by Crippen LogP contribution is 2.63. The van der Waals surface area contributed by atoms with E-state index in [9.17, 15) is 5.11 Å². The molecular weight excluding hydrogens is 384 g/mol. The fourth-order valence-corrected chi connectivity index (χ4v) is 6.49. The number of aliphatic hydroxyl groups is 1. The molecule has 1 aromatic carbocycles. The molecule has 3 aliphatic rings. The van der Waals surface area contributed by atoms with E-state index in [0.717, 1.165) is 37.1 Å². The Bertz CT molecular complexity index is 727. The van der Waals surface area contributed by atoms with Crippen molar-refractivity contribution in [1.29, 1.82) is 0 Å². The first-order valence-electron chi connectivity index (χ1n) is 11.2. The van der Waals surface area contributed by atoms with Crippen LogP contribution in [0.25, 0.3) is 0 Å². The van der Waals surface area contributed by atoms with Crippen LogP contribution in [0.1, 0.15) is 45.6 Å². The van der Waals surface area contributed by atoms with Crippen LogP contribution in [0.2, 0.25) is 5.02 Å². The number of anilines is 1. The molecule has 0 unspecified atom stereocenters. The van der Waals surface area contributed by atoms with Crippen molar-refractivity contribution in [2.45, 2.75) is 59.2 Å². The molecule has 2 aliphatic carbocycles. The highest BCUT2D eigenvalue weighted by molar-refractivity contribution is 6.30. The van der Waals surface area contributed by atoms with Crippen LogP contribution in [0.15, 0.2) is 18.2 Å². The van der Waals surface area contributed by atoms with Crippen LogP contribution in [0.3, 0.4) is 0 Å². The number of aryl methyl sites for hydroxylation is 1. The predicted molar refractivity (Wildman–Crippen MR) is 120 cm³/mol. The van der Waals surface area contributed by atoms with E-state index in [-0.39, 0.29) is 11.5 Å². The first-order chi connectivity index (χ1) is 13.7. The first-order valence-corrected chi connectivity index (χ1v) is 11.6. The molecule has 0 radical (unpaired) electrons. The molecule has 2 bridgehead atoms. The van der Waals surface area contributed by atoms with Crippen molar-refractivity contribution in [3.8, 4) is 0 Å². The molecule has 162 valence electrons. The molecule has 4 rings (SSSR count). The molecule has 4 nitrogen and oxygen atoms in total. The van der Waals surface area contributed by atoms with Gasteiger partial charge in [0.15, 0.2) is 0 Å². The summed E-state index contributed by atoms with van der Waals surface area (Å²) in [6, 6.07) is 6.10. The van der Waals surface area contributed by atoms with Gasteiger partial charge in [0.25, 0.3) is 0 Å². The maximum atomic E-state index is 10.7. The summed E-state index contributed by atoms with van der Waals surface area (Å²) in [5.74, 6) is 0.776. The molecule has 1 heterocycles. The van der Waals surface area contributed by atoms with Crippen LogP contribution in [-0.2, 0) is 4.74 Å². The zero-order valence-corrected chi connectivity index (χ0v) is 19.2. The summed E-state index contributed by atoms with van der Waals surface area (Å²) < 4.78 is 6.38. The summed E-state index contributed by atoms with van der Waals surface area (Å²) in [5.41, 5.74) is 3.02. The maximum Gasteiger partial charge on any atom is 0.0900 e. The lowest BCUT2D eigenvalue weighted by Gasteiger charge is -2.43. The molecule has 1 N–H and O–H groups in total. The van der Waals surface area contributed by atoms with Gasteiger partial charge in [-0.3, -0.25) is 4.90 Å². The van der Waals surface area contributed by atoms with E-state index < -0.39 is 6.10 Å². The highest BCUT2D eigenvalue weighted by atomic mass is 35.5. The Morgan fingerprint density at radius 2 is 1.93 bits per heavy atom. The second kappa shape index (κ2) is 8.03. The van der Waals surface area contributed by atoms with Gasteiger partial charge in [0, 0.05) is 43.4 Å². The van der Waals surface area contributed by atoms with Gasteiger partial charge in [-0.2, -0.15) is 0 Å². The van der Waals surface area contributed by atoms with E-state index in [1.807, 2.05) is 6.07 Å². The molecule has 0 amide bonds. The van der Waals surface area contributed by atoms with Crippen LogP contribution >= 0.6 is 11.6 Å². The quantitative estimate of drug-likeness (QED) is 0.741. The van der Waals surface area contributed by atoms with Gasteiger partial charge in [-0.15, -0.1) is 0 Å². The van der Waals surface area contributed by atoms with Crippen molar-refractivity contribution in [3.63, 3.8) is 0 Å². The van der Waals surface area contributed by atoms with Gasteiger partial charge in [0.1, 0.15) is 0 Å². The van der Waals surface area contributed by atoms with Gasteiger partial charge < -0.3 is 14.7 Å². The smallest absolute Gasteiger partial charge is 0.0900 e. The number of piperazine rings is 1. The lowest BCUT2D eigenvalue weighted by molar-refractivity contribution is -0.113. The topological polar surface area (TPSA) is 35.9 Å². The fourth-order valence-electron chi connectivity index (χ4n) is 6.32. The average molecular weight is 421 g/mol. The Balaban J connectivity index is 1.25. The normalized spacial score (nSPS) is 32.7. The van der Waals surface area contributed by atoms with E-state index in [1.54, 1.807) is 0 Å². The standard InChI is InChI=1S/C24H37ClN2O2/c1-17-5-6-19(25)13-21(17)27-11-9-26(10-12-27)15-20(28)16-29-22-23(2,3)18-7-8-24(22,4)14-18/h5-6,13,18,20,22,28H,7-12,14-16H2,1-4H3/t18-,20+,22-,24-/m0/s1. The third-order valence-electron chi connectivity index (χ3n) is 7.95. The van der Waals surface area contributed by atoms with E-state index in [2.05, 4.69) is 49.6 Å². The molecule has 2 saturated carbocycles. The van der Waals surface area contributed by atoms with Crippen molar-refractivity contribution in [2.24, 2.45) is 16.7 Å². The lowest BCUT2D eigenvalue weighted by Crippen LogP contribution is -2.50. The van der Waals surface area contributed by atoms with Crippen molar-refractivity contribution in [1.82, 2.24) is 4.90 Å². The minimum atomic E-state index is -0.423. The number of halogens is 1. The predicted octanol–water partition coefficient (Wildman–Crippen LogP) is 4.36. The van der Waals surface area contributed by atoms with Gasteiger partial charge in [0.2, 0.25) is 0 Å². The van der Waals surface area contributed by atoms with Crippen LogP contribution in [0.4, 0.5) is 5.69 Å². The Morgan fingerprint density at radius 3 is 2.59 bits per heavy atom. The zero-order chi connectivity index (χ0) is 20.8. The lowest BCUT2D eigenvalue weighted by atomic mass is 9.70. The molecule has 3 fully saturated rings. The van der Waals surface area contributed by atoms with Gasteiger partial charge in [-0.05, 0) is 60.6 Å². The number of β-amino-alcohol motifs (C(OH)–C–C–N with tert-alkyl or cyclic N) is 1. The molecule has 1 saturated heterocycles. The number of benzene rings is 1. The van der Waals surface area contributed by atoms with Gasteiger partial charge >= 0.3 is 0 Å². The average Bonchev–Trinajstić information content (AvgIpc) is 3.15. The molecule has 29 heavy (non-hydrogen) atoms. The Kier molecular flexibility index (Phi) is 5.93. The number of aliphatic hydroxyl groups excluding tert-OH is 1. The van der Waals surface area contributed by atoms with Crippen LogP contribution in [0.5, 0.6) is 0 Å². The Hall–Kier alpha value is -0.810. The third kappa shape index (κ3) is 4.19. The summed E-state index contributed by atoms with van der Waals surface area (Å²) in [7, 11) is 0. The molecule has 5 heteroatoms. The molecule has 0 aromatic heterocycles. The molecule has 4 atom stereocenters. The molecule has 1 aromatic rings. The molecule has 0 spiro atoms. The minimum Gasteiger partial charge on any atom is -0.389 e. The van der Waals surface area contributed by atoms with Crippen LogP contribution in [0, 0.1) is 23.7 Å². The summed E-state index contributed by atoms with van der Waals surface area (Å²) in [5, 5.41) is 11.4. The van der Waals surface area contributed by atoms with Crippen LogP contribution in [-0.4, -0.2) is 61.5 Å². The number of nitrogens with zero attached hydrogens (tertiary/aromatic N) is 2. The summed E-state index contributed by atoms with van der Waals surface area (Å²) >= 11 is 6.19. The summed E-state index contributed by atoms with van der Waals surface area (Å²) in [6.07, 6.45) is 3.74. The second-order valence-corrected chi connectivity index (χ2v) is 10.9. The largest absolute Gasteiger partial charge is 0.389 e. The van der Waals surface area contributed by atoms with E-state index in [1.165, 1.54) is 30.5 Å². The number of rotatable bonds is 6. The number of ether oxygens (including phenoxy) is 1. The SMILES string of the molecule is Cc1ccc(Cl)cc1N1CCN(C[C@@H](O)CO[C@H]2C(C)(C)[C@H]3CC[C@@]2(C)C3)CC1. The van der Waals surface area contributed by atoms with E-state index in [4.69, 9.17) is 16.3 Å². The third-order valence-corrected chi connectivity index (χ3v) is 8.18. The van der Waals surface area contributed by atoms with Crippen molar-refractivity contribution >= 4 is 17.3 Å². The van der Waals surface area contributed by atoms with Gasteiger partial charge in [0.05, 0.1) is 18.8 Å².